The van der Waals surface area contributed by atoms with Gasteiger partial charge in [-0.2, -0.15) is 10.5 Å². The number of hydrogen-bond donors (Lipinski definition) is 2. The summed E-state index contributed by atoms with van der Waals surface area (Å²) in [5, 5.41) is 18.9. The SMILES string of the molecule is C[N+]1(OC(=O)COc2ccc(-c3c(C#N)c(N)[nH]c(=S)c3C#N)cc2)CCOCC1. The topological polar surface area (TPSA) is 134 Å². The lowest BCUT2D eigenvalue weighted by atomic mass is 9.97. The molecule has 0 aliphatic carbocycles. The normalized spacial score (nSPS) is 14.9. The maximum Gasteiger partial charge on any atom is 0.403 e. The van der Waals surface area contributed by atoms with Crippen LogP contribution in [-0.2, 0) is 14.4 Å². The van der Waals surface area contributed by atoms with Gasteiger partial charge in [0, 0.05) is 5.56 Å². The number of ether oxygens (including phenoxy) is 2. The second-order valence-corrected chi connectivity index (χ2v) is 7.26. The van der Waals surface area contributed by atoms with Crippen molar-refractivity contribution in [1.29, 1.82) is 10.5 Å². The first kappa shape index (κ1) is 21.3. The maximum atomic E-state index is 12.1. The number of hydrogen-bond acceptors (Lipinski definition) is 8. The number of nitrogens with two attached hydrogens (primary N) is 1. The number of rotatable bonds is 5. The minimum absolute atomic E-state index is 0.0966. The first-order valence-corrected chi connectivity index (χ1v) is 9.51. The van der Waals surface area contributed by atoms with E-state index in [1.807, 2.05) is 19.2 Å². The standard InChI is InChI=1S/C20H19N5O4S/c1-25(6-8-27-9-7-25)29-17(26)12-28-14-4-2-13(3-5-14)18-15(10-21)19(23)24-20(30)16(18)11-22/h2-5H,6-9,12H2,1H3,(H2-,23,24,30)/p+1. The van der Waals surface area contributed by atoms with Gasteiger partial charge in [-0.3, -0.25) is 4.84 Å². The number of carbonyl (C=O) groups excluding carboxylic acids is 1. The number of carbonyl (C=O) groups is 1. The number of morpholine rings is 1. The molecule has 2 aromatic rings. The van der Waals surface area contributed by atoms with Crippen LogP contribution in [0.3, 0.4) is 0 Å². The zero-order valence-electron chi connectivity index (χ0n) is 16.3. The van der Waals surface area contributed by atoms with Crippen LogP contribution in [0.2, 0.25) is 0 Å². The molecule has 1 aliphatic heterocycles. The van der Waals surface area contributed by atoms with Crippen LogP contribution in [-0.4, -0.2) is 55.6 Å². The molecule has 154 valence electrons. The van der Waals surface area contributed by atoms with Crippen LogP contribution >= 0.6 is 12.2 Å². The van der Waals surface area contributed by atoms with Crippen molar-refractivity contribution in [3.63, 3.8) is 0 Å². The van der Waals surface area contributed by atoms with Crippen LogP contribution in [0.4, 0.5) is 5.82 Å². The quantitative estimate of drug-likeness (QED) is 0.548. The number of hydroxylamine groups is 3. The van der Waals surface area contributed by atoms with E-state index in [1.54, 1.807) is 24.3 Å². The average molecular weight is 426 g/mol. The monoisotopic (exact) mass is 426 g/mol. The van der Waals surface area contributed by atoms with Crippen molar-refractivity contribution >= 4 is 24.0 Å². The van der Waals surface area contributed by atoms with Crippen molar-refractivity contribution in [3.05, 3.63) is 40.0 Å². The van der Waals surface area contributed by atoms with E-state index in [-0.39, 0.29) is 32.8 Å². The fraction of sp³-hybridized carbons (Fsp3) is 0.300. The second-order valence-electron chi connectivity index (χ2n) is 6.85. The molecule has 9 nitrogen and oxygen atoms in total. The van der Waals surface area contributed by atoms with Crippen LogP contribution in [0, 0.1) is 27.3 Å². The lowest BCUT2D eigenvalue weighted by Gasteiger charge is -2.33. The predicted octanol–water partition coefficient (Wildman–Crippen LogP) is 2.05. The number of nitrogen functional groups attached to an aromatic ring is 1. The largest absolute Gasteiger partial charge is 0.482 e. The Morgan fingerprint density at radius 2 is 1.87 bits per heavy atom. The van der Waals surface area contributed by atoms with E-state index in [0.717, 1.165) is 0 Å². The molecule has 1 saturated heterocycles. The van der Waals surface area contributed by atoms with Crippen LogP contribution in [0.15, 0.2) is 24.3 Å². The number of benzene rings is 1. The van der Waals surface area contributed by atoms with Gasteiger partial charge in [-0.05, 0) is 17.7 Å². The van der Waals surface area contributed by atoms with Crippen molar-refractivity contribution in [2.75, 3.05) is 45.7 Å². The highest BCUT2D eigenvalue weighted by Crippen LogP contribution is 2.31. The minimum Gasteiger partial charge on any atom is -0.482 e. The number of aromatic nitrogens is 1. The Balaban J connectivity index is 1.74. The van der Waals surface area contributed by atoms with Gasteiger partial charge in [-0.15, -0.1) is 4.65 Å². The summed E-state index contributed by atoms with van der Waals surface area (Å²) in [4.78, 5) is 20.3. The molecular formula is C20H20N5O4S+. The molecule has 30 heavy (non-hydrogen) atoms. The van der Waals surface area contributed by atoms with Gasteiger partial charge in [0.2, 0.25) is 0 Å². The number of likely N-dealkylation sites (N-methyl/N-ethyl adjacent to an activating group) is 1. The van der Waals surface area contributed by atoms with Crippen LogP contribution < -0.4 is 10.5 Å². The van der Waals surface area contributed by atoms with Crippen molar-refractivity contribution in [3.8, 4) is 29.0 Å². The molecule has 1 aromatic carbocycles. The van der Waals surface area contributed by atoms with E-state index in [2.05, 4.69) is 4.98 Å². The first-order valence-electron chi connectivity index (χ1n) is 9.11. The van der Waals surface area contributed by atoms with Crippen molar-refractivity contribution < 1.29 is 23.8 Å². The molecule has 0 radical (unpaired) electrons. The van der Waals surface area contributed by atoms with Gasteiger partial charge in [0.15, 0.2) is 6.61 Å². The molecule has 1 fully saturated rings. The lowest BCUT2D eigenvalue weighted by molar-refractivity contribution is -1.08. The summed E-state index contributed by atoms with van der Waals surface area (Å²) in [6, 6.07) is 10.6. The number of H-pyrrole nitrogens is 1. The van der Waals surface area contributed by atoms with Gasteiger partial charge < -0.3 is 20.2 Å². The molecule has 0 spiro atoms. The zero-order chi connectivity index (χ0) is 21.7. The van der Waals surface area contributed by atoms with E-state index in [0.29, 0.717) is 43.2 Å². The summed E-state index contributed by atoms with van der Waals surface area (Å²) in [5.74, 6) is 0.0508. The molecule has 1 aromatic heterocycles. The van der Waals surface area contributed by atoms with E-state index >= 15 is 0 Å². The summed E-state index contributed by atoms with van der Waals surface area (Å²) in [7, 11) is 1.82. The highest BCUT2D eigenvalue weighted by molar-refractivity contribution is 7.71. The highest BCUT2D eigenvalue weighted by atomic mass is 32.1. The number of pyridine rings is 1. The fourth-order valence-electron chi connectivity index (χ4n) is 3.08. The van der Waals surface area contributed by atoms with Crippen molar-refractivity contribution in [2.24, 2.45) is 0 Å². The Labute approximate surface area is 178 Å². The number of nitrogens with one attached hydrogen (secondary N) is 1. The molecule has 1 aliphatic rings. The number of nitriles is 2. The Morgan fingerprint density at radius 3 is 2.47 bits per heavy atom. The van der Waals surface area contributed by atoms with E-state index in [4.69, 9.17) is 32.3 Å². The summed E-state index contributed by atoms with van der Waals surface area (Å²) in [6.45, 7) is 2.01. The zero-order valence-corrected chi connectivity index (χ0v) is 17.1. The predicted molar refractivity (Wildman–Crippen MR) is 109 cm³/mol. The average Bonchev–Trinajstić information content (AvgIpc) is 2.72. The molecule has 2 heterocycles. The summed E-state index contributed by atoms with van der Waals surface area (Å²) < 4.78 is 11.1. The Hall–Kier alpha value is -3.44. The maximum absolute atomic E-state index is 12.1. The molecule has 10 heteroatoms. The molecule has 0 unspecified atom stereocenters. The molecular weight excluding hydrogens is 406 g/mol. The van der Waals surface area contributed by atoms with Crippen molar-refractivity contribution in [2.45, 2.75) is 0 Å². The summed E-state index contributed by atoms with van der Waals surface area (Å²) in [5.41, 5.74) is 7.09. The highest BCUT2D eigenvalue weighted by Gasteiger charge is 2.31. The third-order valence-electron chi connectivity index (χ3n) is 4.71. The van der Waals surface area contributed by atoms with Gasteiger partial charge >= 0.3 is 5.97 Å². The Bertz CT molecular complexity index is 1090. The van der Waals surface area contributed by atoms with Gasteiger partial charge in [0.25, 0.3) is 0 Å². The van der Waals surface area contributed by atoms with Crippen molar-refractivity contribution in [1.82, 2.24) is 4.98 Å². The Morgan fingerprint density at radius 1 is 1.23 bits per heavy atom. The van der Waals surface area contributed by atoms with Gasteiger partial charge in [0.05, 0.1) is 18.8 Å². The smallest absolute Gasteiger partial charge is 0.403 e. The Kier molecular flexibility index (Phi) is 6.33. The molecule has 0 bridgehead atoms. The van der Waals surface area contributed by atoms with Crippen LogP contribution in [0.5, 0.6) is 5.75 Å². The lowest BCUT2D eigenvalue weighted by Crippen LogP contribution is -2.53. The molecule has 0 atom stereocenters. The van der Waals surface area contributed by atoms with Crippen LogP contribution in [0.1, 0.15) is 11.1 Å². The molecule has 3 rings (SSSR count). The van der Waals surface area contributed by atoms with Gasteiger partial charge in [0.1, 0.15) is 54.0 Å². The number of nitrogens with zero attached hydrogens (tertiary/aromatic N) is 3. The van der Waals surface area contributed by atoms with Crippen LogP contribution in [0.25, 0.3) is 11.1 Å². The van der Waals surface area contributed by atoms with E-state index < -0.39 is 5.97 Å². The van der Waals surface area contributed by atoms with E-state index in [9.17, 15) is 15.3 Å². The molecule has 0 saturated carbocycles. The third-order valence-corrected chi connectivity index (χ3v) is 5.01. The summed E-state index contributed by atoms with van der Waals surface area (Å²) >= 11 is 5.15. The number of anilines is 1. The number of aromatic amines is 1. The first-order chi connectivity index (χ1) is 14.4. The van der Waals surface area contributed by atoms with Gasteiger partial charge in [-0.25, -0.2) is 4.79 Å². The summed E-state index contributed by atoms with van der Waals surface area (Å²) in [6.07, 6.45) is 0. The second kappa shape index (κ2) is 8.93. The molecule has 3 N–H and O–H groups in total. The van der Waals surface area contributed by atoms with Gasteiger partial charge in [-0.1, -0.05) is 24.4 Å². The minimum atomic E-state index is -0.482. The fourth-order valence-corrected chi connectivity index (χ4v) is 3.34. The number of quaternary nitrogens is 1. The molecule has 0 amide bonds. The van der Waals surface area contributed by atoms with E-state index in [1.165, 1.54) is 0 Å². The third kappa shape index (κ3) is 4.58.